The predicted molar refractivity (Wildman–Crippen MR) is 83.2 cm³/mol. The Morgan fingerprint density at radius 1 is 1.20 bits per heavy atom. The Hall–Kier alpha value is -2.40. The molecule has 100 valence electrons. The fraction of sp³-hybridized carbons (Fsp3) is 0.0667. The van der Waals surface area contributed by atoms with Crippen LogP contribution in [0.2, 0.25) is 0 Å². The molecule has 20 heavy (non-hydrogen) atoms. The number of pyridine rings is 1. The van der Waals surface area contributed by atoms with Crippen LogP contribution in [-0.2, 0) is 0 Å². The molecule has 5 heteroatoms. The number of anilines is 2. The Balaban J connectivity index is 1.96. The summed E-state index contributed by atoms with van der Waals surface area (Å²) in [5.41, 5.74) is 7.29. The lowest BCUT2D eigenvalue weighted by atomic mass is 10.2. The molecule has 4 nitrogen and oxygen atoms in total. The number of hydrogen-bond acceptors (Lipinski definition) is 4. The lowest BCUT2D eigenvalue weighted by Crippen LogP contribution is -2.25. The molecule has 1 amide bonds. The predicted octanol–water partition coefficient (Wildman–Crippen LogP) is 3.16. The van der Waals surface area contributed by atoms with E-state index in [0.717, 1.165) is 15.8 Å². The first-order valence-corrected chi connectivity index (χ1v) is 6.94. The van der Waals surface area contributed by atoms with Gasteiger partial charge in [-0.3, -0.25) is 9.78 Å². The maximum atomic E-state index is 12.5. The number of nitrogens with two attached hydrogens (primary N) is 1. The van der Waals surface area contributed by atoms with Crippen LogP contribution in [0.15, 0.2) is 48.8 Å². The quantitative estimate of drug-likeness (QED) is 0.735. The molecule has 3 rings (SSSR count). The zero-order chi connectivity index (χ0) is 14.1. The highest BCUT2D eigenvalue weighted by Crippen LogP contribution is 2.28. The van der Waals surface area contributed by atoms with Crippen LogP contribution in [0.25, 0.3) is 10.1 Å². The van der Waals surface area contributed by atoms with Crippen molar-refractivity contribution in [2.75, 3.05) is 17.7 Å². The zero-order valence-electron chi connectivity index (χ0n) is 10.9. The van der Waals surface area contributed by atoms with Gasteiger partial charge in [0.1, 0.15) is 0 Å². The number of thiophene rings is 1. The van der Waals surface area contributed by atoms with E-state index < -0.39 is 0 Å². The fourth-order valence-corrected chi connectivity index (χ4v) is 3.04. The van der Waals surface area contributed by atoms with E-state index in [0.29, 0.717) is 10.6 Å². The summed E-state index contributed by atoms with van der Waals surface area (Å²) in [6.45, 7) is 0. The molecule has 0 aliphatic heterocycles. The van der Waals surface area contributed by atoms with E-state index in [9.17, 15) is 4.79 Å². The molecule has 0 saturated carbocycles. The Labute approximate surface area is 120 Å². The molecule has 0 spiro atoms. The van der Waals surface area contributed by atoms with E-state index >= 15 is 0 Å². The van der Waals surface area contributed by atoms with Gasteiger partial charge < -0.3 is 10.6 Å². The van der Waals surface area contributed by atoms with Gasteiger partial charge in [0.25, 0.3) is 5.91 Å². The van der Waals surface area contributed by atoms with Crippen LogP contribution in [0, 0.1) is 0 Å². The van der Waals surface area contributed by atoms with Gasteiger partial charge in [-0.05, 0) is 41.8 Å². The zero-order valence-corrected chi connectivity index (χ0v) is 11.7. The number of nitrogens with zero attached hydrogens (tertiary/aromatic N) is 2. The van der Waals surface area contributed by atoms with E-state index in [-0.39, 0.29) is 5.91 Å². The molecule has 0 fully saturated rings. The highest BCUT2D eigenvalue weighted by atomic mass is 32.1. The van der Waals surface area contributed by atoms with Gasteiger partial charge in [-0.1, -0.05) is 0 Å². The number of carbonyl (C=O) groups is 1. The molecular formula is C15H13N3OS. The summed E-state index contributed by atoms with van der Waals surface area (Å²) < 4.78 is 1.06. The van der Waals surface area contributed by atoms with Crippen LogP contribution in [0.1, 0.15) is 9.67 Å². The first kappa shape index (κ1) is 12.6. The lowest BCUT2D eigenvalue weighted by molar-refractivity contribution is 0.0997. The van der Waals surface area contributed by atoms with Gasteiger partial charge in [0.2, 0.25) is 0 Å². The molecule has 0 atom stereocenters. The normalized spacial score (nSPS) is 10.7. The van der Waals surface area contributed by atoms with Gasteiger partial charge >= 0.3 is 0 Å². The summed E-state index contributed by atoms with van der Waals surface area (Å²) in [7, 11) is 1.76. The van der Waals surface area contributed by atoms with Gasteiger partial charge in [-0.25, -0.2) is 0 Å². The van der Waals surface area contributed by atoms with Gasteiger partial charge in [0.15, 0.2) is 0 Å². The van der Waals surface area contributed by atoms with Crippen molar-refractivity contribution < 1.29 is 4.79 Å². The van der Waals surface area contributed by atoms with Crippen molar-refractivity contribution in [1.82, 2.24) is 4.98 Å². The third-order valence-corrected chi connectivity index (χ3v) is 4.21. The molecular weight excluding hydrogens is 270 g/mol. The molecule has 0 aliphatic rings. The molecule has 0 unspecified atom stereocenters. The van der Waals surface area contributed by atoms with Crippen molar-refractivity contribution in [3.63, 3.8) is 0 Å². The van der Waals surface area contributed by atoms with Crippen molar-refractivity contribution in [3.05, 3.63) is 53.7 Å². The summed E-state index contributed by atoms with van der Waals surface area (Å²) in [6, 6.07) is 11.2. The SMILES string of the molecule is CN(C(=O)c1cc2cc(N)ccc2s1)c1ccncc1. The maximum Gasteiger partial charge on any atom is 0.268 e. The maximum absolute atomic E-state index is 12.5. The standard InChI is InChI=1S/C15H13N3OS/c1-18(12-4-6-17-7-5-12)15(19)14-9-10-8-11(16)2-3-13(10)20-14/h2-9H,16H2,1H3. The molecule has 2 aromatic heterocycles. The minimum absolute atomic E-state index is 0.0315. The number of rotatable bonds is 2. The van der Waals surface area contributed by atoms with Crippen molar-refractivity contribution in [2.45, 2.75) is 0 Å². The second kappa shape index (κ2) is 4.94. The minimum Gasteiger partial charge on any atom is -0.399 e. The first-order chi connectivity index (χ1) is 9.65. The third-order valence-electron chi connectivity index (χ3n) is 3.11. The molecule has 0 aliphatic carbocycles. The number of carbonyl (C=O) groups excluding carboxylic acids is 1. The Bertz CT molecular complexity index is 767. The van der Waals surface area contributed by atoms with Crippen LogP contribution >= 0.6 is 11.3 Å². The topological polar surface area (TPSA) is 59.2 Å². The van der Waals surface area contributed by atoms with Gasteiger partial charge in [0.05, 0.1) is 4.88 Å². The van der Waals surface area contributed by atoms with E-state index in [1.807, 2.05) is 36.4 Å². The first-order valence-electron chi connectivity index (χ1n) is 6.12. The second-order valence-corrected chi connectivity index (χ2v) is 5.56. The molecule has 2 N–H and O–H groups in total. The number of hydrogen-bond donors (Lipinski definition) is 1. The number of amides is 1. The average molecular weight is 283 g/mol. The van der Waals surface area contributed by atoms with E-state index in [1.165, 1.54) is 11.3 Å². The highest BCUT2D eigenvalue weighted by Gasteiger charge is 2.16. The van der Waals surface area contributed by atoms with Crippen LogP contribution in [0.3, 0.4) is 0 Å². The monoisotopic (exact) mass is 283 g/mol. The number of nitrogen functional groups attached to an aromatic ring is 1. The van der Waals surface area contributed by atoms with Crippen molar-refractivity contribution in [2.24, 2.45) is 0 Å². The largest absolute Gasteiger partial charge is 0.399 e. The highest BCUT2D eigenvalue weighted by molar-refractivity contribution is 7.20. The molecule has 1 aromatic carbocycles. The average Bonchev–Trinajstić information content (AvgIpc) is 2.89. The van der Waals surface area contributed by atoms with E-state index in [2.05, 4.69) is 4.98 Å². The van der Waals surface area contributed by atoms with Crippen LogP contribution in [0.5, 0.6) is 0 Å². The van der Waals surface area contributed by atoms with Crippen molar-refractivity contribution in [3.8, 4) is 0 Å². The summed E-state index contributed by atoms with van der Waals surface area (Å²) in [4.78, 5) is 18.8. The van der Waals surface area contributed by atoms with E-state index in [4.69, 9.17) is 5.73 Å². The Morgan fingerprint density at radius 2 is 1.95 bits per heavy atom. The summed E-state index contributed by atoms with van der Waals surface area (Å²) in [5.74, 6) is -0.0315. The van der Waals surface area contributed by atoms with Crippen molar-refractivity contribution in [1.29, 1.82) is 0 Å². The molecule has 0 radical (unpaired) electrons. The summed E-state index contributed by atoms with van der Waals surface area (Å²) in [6.07, 6.45) is 3.34. The number of aromatic nitrogens is 1. The minimum atomic E-state index is -0.0315. The smallest absolute Gasteiger partial charge is 0.268 e. The number of fused-ring (bicyclic) bond motifs is 1. The molecule has 0 bridgehead atoms. The summed E-state index contributed by atoms with van der Waals surface area (Å²) >= 11 is 1.47. The third kappa shape index (κ3) is 2.23. The van der Waals surface area contributed by atoms with Gasteiger partial charge in [0, 0.05) is 35.5 Å². The fourth-order valence-electron chi connectivity index (χ4n) is 2.02. The molecule has 3 aromatic rings. The second-order valence-electron chi connectivity index (χ2n) is 4.48. The van der Waals surface area contributed by atoms with Crippen molar-refractivity contribution >= 4 is 38.7 Å². The van der Waals surface area contributed by atoms with E-state index in [1.54, 1.807) is 24.3 Å². The van der Waals surface area contributed by atoms with Crippen LogP contribution in [0.4, 0.5) is 11.4 Å². The van der Waals surface area contributed by atoms with Crippen LogP contribution in [-0.4, -0.2) is 17.9 Å². The Kier molecular flexibility index (Phi) is 3.12. The lowest BCUT2D eigenvalue weighted by Gasteiger charge is -2.15. The molecule has 0 saturated heterocycles. The number of benzene rings is 1. The Morgan fingerprint density at radius 3 is 2.70 bits per heavy atom. The summed E-state index contributed by atoms with van der Waals surface area (Å²) in [5, 5.41) is 1.00. The van der Waals surface area contributed by atoms with Gasteiger partial charge in [-0.2, -0.15) is 0 Å². The van der Waals surface area contributed by atoms with Crippen LogP contribution < -0.4 is 10.6 Å². The molecule has 2 heterocycles. The van der Waals surface area contributed by atoms with Gasteiger partial charge in [-0.15, -0.1) is 11.3 Å².